The van der Waals surface area contributed by atoms with Gasteiger partial charge in [0.1, 0.15) is 11.9 Å². The van der Waals surface area contributed by atoms with E-state index in [2.05, 4.69) is 20.5 Å². The molecule has 6 nitrogen and oxygen atoms in total. The van der Waals surface area contributed by atoms with Crippen molar-refractivity contribution in [3.8, 4) is 0 Å². The first-order valence-corrected chi connectivity index (χ1v) is 9.79. The van der Waals surface area contributed by atoms with Crippen LogP contribution in [0.5, 0.6) is 0 Å². The Labute approximate surface area is 157 Å². The third-order valence-corrected chi connectivity index (χ3v) is 5.29. The molecule has 1 fully saturated rings. The Morgan fingerprint density at radius 2 is 1.96 bits per heavy atom. The Kier molecular flexibility index (Phi) is 5.88. The van der Waals surface area contributed by atoms with E-state index in [9.17, 15) is 9.59 Å². The molecule has 138 valence electrons. The second kappa shape index (κ2) is 8.31. The van der Waals surface area contributed by atoms with E-state index in [1.165, 1.54) is 24.2 Å². The molecule has 0 spiro atoms. The number of carbonyl (C=O) groups is 2. The number of amides is 2. The van der Waals surface area contributed by atoms with Gasteiger partial charge in [-0.3, -0.25) is 9.59 Å². The molecule has 2 amide bonds. The monoisotopic (exact) mass is 372 g/mol. The molecule has 2 aromatic heterocycles. The van der Waals surface area contributed by atoms with Gasteiger partial charge < -0.3 is 15.5 Å². The van der Waals surface area contributed by atoms with Gasteiger partial charge in [0.15, 0.2) is 0 Å². The zero-order valence-electron chi connectivity index (χ0n) is 15.1. The number of aromatic nitrogens is 1. The third kappa shape index (κ3) is 4.40. The fraction of sp³-hybridized carbons (Fsp3) is 0.421. The lowest BCUT2D eigenvalue weighted by Gasteiger charge is -2.22. The largest absolute Gasteiger partial charge is 0.357 e. The van der Waals surface area contributed by atoms with Crippen LogP contribution in [0.15, 0.2) is 35.8 Å². The van der Waals surface area contributed by atoms with Crippen molar-refractivity contribution in [1.82, 2.24) is 10.3 Å². The predicted molar refractivity (Wildman–Crippen MR) is 105 cm³/mol. The second-order valence-corrected chi connectivity index (χ2v) is 7.71. The molecule has 3 heterocycles. The van der Waals surface area contributed by atoms with Crippen LogP contribution in [-0.2, 0) is 4.79 Å². The van der Waals surface area contributed by atoms with Crippen molar-refractivity contribution in [3.05, 3.63) is 40.7 Å². The lowest BCUT2D eigenvalue weighted by atomic mass is 10.0. The van der Waals surface area contributed by atoms with Crippen molar-refractivity contribution in [1.29, 1.82) is 0 Å². The first kappa shape index (κ1) is 18.4. The molecule has 1 saturated heterocycles. The molecular weight excluding hydrogens is 348 g/mol. The zero-order chi connectivity index (χ0) is 18.5. The number of carbonyl (C=O) groups excluding carboxylic acids is 2. The van der Waals surface area contributed by atoms with Gasteiger partial charge in [0.25, 0.3) is 5.91 Å². The van der Waals surface area contributed by atoms with Gasteiger partial charge in [0, 0.05) is 13.1 Å². The first-order valence-electron chi connectivity index (χ1n) is 8.91. The van der Waals surface area contributed by atoms with E-state index in [1.807, 2.05) is 37.4 Å². The SMILES string of the molecule is CC(C)[C@@H](NC(=O)c1cccs1)C(=O)Nc1ccc(N2CCCC2)nc1. The Bertz CT molecular complexity index is 737. The van der Waals surface area contributed by atoms with Crippen LogP contribution in [-0.4, -0.2) is 35.9 Å². The third-order valence-electron chi connectivity index (χ3n) is 4.43. The Morgan fingerprint density at radius 3 is 2.54 bits per heavy atom. The number of hydrogen-bond donors (Lipinski definition) is 2. The molecular formula is C19H24N4O2S. The molecule has 0 aromatic carbocycles. The van der Waals surface area contributed by atoms with E-state index >= 15 is 0 Å². The summed E-state index contributed by atoms with van der Waals surface area (Å²) in [4.78, 5) is 32.2. The fourth-order valence-electron chi connectivity index (χ4n) is 2.97. The predicted octanol–water partition coefficient (Wildman–Crippen LogP) is 3.14. The van der Waals surface area contributed by atoms with Gasteiger partial charge in [0.2, 0.25) is 5.91 Å². The zero-order valence-corrected chi connectivity index (χ0v) is 15.9. The van der Waals surface area contributed by atoms with Crippen molar-refractivity contribution in [3.63, 3.8) is 0 Å². The van der Waals surface area contributed by atoms with Crippen LogP contribution in [0.3, 0.4) is 0 Å². The van der Waals surface area contributed by atoms with Crippen LogP contribution < -0.4 is 15.5 Å². The summed E-state index contributed by atoms with van der Waals surface area (Å²) < 4.78 is 0. The topological polar surface area (TPSA) is 74.3 Å². The summed E-state index contributed by atoms with van der Waals surface area (Å²) in [5, 5.41) is 7.53. The summed E-state index contributed by atoms with van der Waals surface area (Å²) in [5.41, 5.74) is 0.633. The molecule has 26 heavy (non-hydrogen) atoms. The first-order chi connectivity index (χ1) is 12.5. The maximum absolute atomic E-state index is 12.6. The minimum Gasteiger partial charge on any atom is -0.357 e. The number of pyridine rings is 1. The van der Waals surface area contributed by atoms with Gasteiger partial charge in [-0.2, -0.15) is 0 Å². The molecule has 1 atom stereocenters. The van der Waals surface area contributed by atoms with Crippen LogP contribution in [0.1, 0.15) is 36.4 Å². The average Bonchev–Trinajstić information content (AvgIpc) is 3.33. The van der Waals surface area contributed by atoms with E-state index < -0.39 is 6.04 Å². The molecule has 2 aromatic rings. The van der Waals surface area contributed by atoms with E-state index in [0.29, 0.717) is 10.6 Å². The van der Waals surface area contributed by atoms with Crippen molar-refractivity contribution < 1.29 is 9.59 Å². The Balaban J connectivity index is 1.63. The summed E-state index contributed by atoms with van der Waals surface area (Å²) in [7, 11) is 0. The average molecular weight is 372 g/mol. The lowest BCUT2D eigenvalue weighted by Crippen LogP contribution is -2.46. The number of anilines is 2. The van der Waals surface area contributed by atoms with Gasteiger partial charge in [-0.1, -0.05) is 19.9 Å². The molecule has 1 aliphatic rings. The van der Waals surface area contributed by atoms with Gasteiger partial charge in [0.05, 0.1) is 16.8 Å². The Morgan fingerprint density at radius 1 is 1.19 bits per heavy atom. The molecule has 2 N–H and O–H groups in total. The summed E-state index contributed by atoms with van der Waals surface area (Å²) in [6.07, 6.45) is 4.06. The van der Waals surface area contributed by atoms with Crippen LogP contribution in [0.4, 0.5) is 11.5 Å². The highest BCUT2D eigenvalue weighted by Gasteiger charge is 2.25. The molecule has 0 bridgehead atoms. The van der Waals surface area contributed by atoms with Crippen molar-refractivity contribution in [2.24, 2.45) is 5.92 Å². The van der Waals surface area contributed by atoms with E-state index in [1.54, 1.807) is 12.3 Å². The van der Waals surface area contributed by atoms with Crippen molar-refractivity contribution >= 4 is 34.7 Å². The maximum atomic E-state index is 12.6. The summed E-state index contributed by atoms with van der Waals surface area (Å²) >= 11 is 1.36. The minimum atomic E-state index is -0.608. The molecule has 7 heteroatoms. The summed E-state index contributed by atoms with van der Waals surface area (Å²) in [6, 6.07) is 6.74. The van der Waals surface area contributed by atoms with Crippen molar-refractivity contribution in [2.75, 3.05) is 23.3 Å². The van der Waals surface area contributed by atoms with Crippen molar-refractivity contribution in [2.45, 2.75) is 32.7 Å². The van der Waals surface area contributed by atoms with E-state index in [4.69, 9.17) is 0 Å². The molecule has 3 rings (SSSR count). The van der Waals surface area contributed by atoms with Crippen LogP contribution in [0, 0.1) is 5.92 Å². The second-order valence-electron chi connectivity index (χ2n) is 6.76. The highest BCUT2D eigenvalue weighted by molar-refractivity contribution is 7.12. The molecule has 0 radical (unpaired) electrons. The highest BCUT2D eigenvalue weighted by Crippen LogP contribution is 2.19. The van der Waals surface area contributed by atoms with Gasteiger partial charge in [-0.25, -0.2) is 4.98 Å². The normalized spacial score (nSPS) is 15.1. The molecule has 1 aliphatic heterocycles. The molecule has 0 unspecified atom stereocenters. The number of nitrogens with one attached hydrogen (secondary N) is 2. The van der Waals surface area contributed by atoms with Gasteiger partial charge in [-0.15, -0.1) is 11.3 Å². The van der Waals surface area contributed by atoms with E-state index in [-0.39, 0.29) is 17.7 Å². The van der Waals surface area contributed by atoms with Gasteiger partial charge in [-0.05, 0) is 42.3 Å². The Hall–Kier alpha value is -2.41. The minimum absolute atomic E-state index is 0.0317. The fourth-order valence-corrected chi connectivity index (χ4v) is 3.60. The standard InChI is InChI=1S/C19H24N4O2S/c1-13(2)17(22-18(24)15-6-5-11-26-15)19(25)21-14-7-8-16(20-12-14)23-9-3-4-10-23/h5-8,11-13,17H,3-4,9-10H2,1-2H3,(H,21,25)(H,22,24)/t17-/m1/s1. The lowest BCUT2D eigenvalue weighted by molar-refractivity contribution is -0.118. The number of nitrogens with zero attached hydrogens (tertiary/aromatic N) is 2. The summed E-state index contributed by atoms with van der Waals surface area (Å²) in [5.74, 6) is 0.444. The highest BCUT2D eigenvalue weighted by atomic mass is 32.1. The number of thiophene rings is 1. The van der Waals surface area contributed by atoms with E-state index in [0.717, 1.165) is 18.9 Å². The van der Waals surface area contributed by atoms with Gasteiger partial charge >= 0.3 is 0 Å². The van der Waals surface area contributed by atoms with Crippen LogP contribution >= 0.6 is 11.3 Å². The quantitative estimate of drug-likeness (QED) is 0.817. The summed E-state index contributed by atoms with van der Waals surface area (Å²) in [6.45, 7) is 5.88. The smallest absolute Gasteiger partial charge is 0.262 e. The maximum Gasteiger partial charge on any atom is 0.262 e. The molecule has 0 aliphatic carbocycles. The number of hydrogen-bond acceptors (Lipinski definition) is 5. The van der Waals surface area contributed by atoms with Crippen LogP contribution in [0.2, 0.25) is 0 Å². The molecule has 0 saturated carbocycles. The number of rotatable bonds is 6. The van der Waals surface area contributed by atoms with Crippen LogP contribution in [0.25, 0.3) is 0 Å².